The van der Waals surface area contributed by atoms with Gasteiger partial charge in [0.1, 0.15) is 5.75 Å². The number of carbonyl (C=O) groups is 1. The molecular formula is C17H24N2O2. The summed E-state index contributed by atoms with van der Waals surface area (Å²) < 4.78 is 5.34. The van der Waals surface area contributed by atoms with Crippen molar-refractivity contribution < 1.29 is 9.53 Å². The minimum Gasteiger partial charge on any atom is -0.496 e. The molecule has 0 unspecified atom stereocenters. The highest BCUT2D eigenvalue weighted by Gasteiger charge is 2.19. The molecule has 21 heavy (non-hydrogen) atoms. The van der Waals surface area contributed by atoms with Crippen molar-refractivity contribution in [3.05, 3.63) is 41.5 Å². The SMILES string of the molecule is COc1ccccc1C/C(C)=C/C(=O)N1CCC(N)CC1. The number of ether oxygens (including phenoxy) is 1. The van der Waals surface area contributed by atoms with E-state index >= 15 is 0 Å². The van der Waals surface area contributed by atoms with E-state index in [1.807, 2.05) is 36.1 Å². The van der Waals surface area contributed by atoms with E-state index in [0.29, 0.717) is 0 Å². The Hall–Kier alpha value is -1.81. The van der Waals surface area contributed by atoms with Gasteiger partial charge in [-0.1, -0.05) is 23.8 Å². The average molecular weight is 288 g/mol. The Balaban J connectivity index is 1.98. The second-order valence-electron chi connectivity index (χ2n) is 5.64. The molecule has 1 heterocycles. The number of allylic oxidation sites excluding steroid dienone is 1. The van der Waals surface area contributed by atoms with Crippen molar-refractivity contribution in [1.82, 2.24) is 4.90 Å². The molecule has 1 aliphatic heterocycles. The van der Waals surface area contributed by atoms with Gasteiger partial charge in [-0.3, -0.25) is 4.79 Å². The number of benzene rings is 1. The van der Waals surface area contributed by atoms with E-state index in [4.69, 9.17) is 10.5 Å². The van der Waals surface area contributed by atoms with Gasteiger partial charge in [-0.05, 0) is 37.8 Å². The van der Waals surface area contributed by atoms with Gasteiger partial charge < -0.3 is 15.4 Å². The maximum absolute atomic E-state index is 12.2. The minimum atomic E-state index is 0.0919. The third kappa shape index (κ3) is 4.33. The lowest BCUT2D eigenvalue weighted by atomic mass is 10.0. The van der Waals surface area contributed by atoms with E-state index in [1.165, 1.54) is 0 Å². The van der Waals surface area contributed by atoms with E-state index < -0.39 is 0 Å². The minimum absolute atomic E-state index is 0.0919. The van der Waals surface area contributed by atoms with Crippen molar-refractivity contribution in [2.75, 3.05) is 20.2 Å². The molecular weight excluding hydrogens is 264 g/mol. The largest absolute Gasteiger partial charge is 0.496 e. The van der Waals surface area contributed by atoms with Gasteiger partial charge in [0.25, 0.3) is 0 Å². The Kier molecular flexibility index (Phi) is 5.39. The average Bonchev–Trinajstić information content (AvgIpc) is 2.48. The van der Waals surface area contributed by atoms with Crippen LogP contribution >= 0.6 is 0 Å². The van der Waals surface area contributed by atoms with Crippen molar-refractivity contribution >= 4 is 5.91 Å². The standard InChI is InChI=1S/C17H24N2O2/c1-13(11-14-5-3-4-6-16(14)21-2)12-17(20)19-9-7-15(18)8-10-19/h3-6,12,15H,7-11,18H2,1-2H3/b13-12+. The number of rotatable bonds is 4. The molecule has 2 N–H and O–H groups in total. The number of piperidine rings is 1. The van der Waals surface area contributed by atoms with Crippen LogP contribution in [-0.4, -0.2) is 37.0 Å². The number of nitrogens with zero attached hydrogens (tertiary/aromatic N) is 1. The van der Waals surface area contributed by atoms with Crippen LogP contribution in [0.25, 0.3) is 0 Å². The maximum atomic E-state index is 12.2. The Morgan fingerprint density at radius 2 is 2.05 bits per heavy atom. The molecule has 0 spiro atoms. The predicted octanol–water partition coefficient (Wildman–Crippen LogP) is 2.13. The first-order chi connectivity index (χ1) is 10.1. The zero-order valence-electron chi connectivity index (χ0n) is 12.8. The van der Waals surface area contributed by atoms with E-state index in [0.717, 1.165) is 49.2 Å². The number of methoxy groups -OCH3 is 1. The first kappa shape index (κ1) is 15.6. The number of likely N-dealkylation sites (tertiary alicyclic amines) is 1. The lowest BCUT2D eigenvalue weighted by molar-refractivity contribution is -0.127. The third-order valence-electron chi connectivity index (χ3n) is 3.88. The highest BCUT2D eigenvalue weighted by molar-refractivity contribution is 5.88. The van der Waals surface area contributed by atoms with E-state index in [1.54, 1.807) is 13.2 Å². The van der Waals surface area contributed by atoms with Gasteiger partial charge in [-0.25, -0.2) is 0 Å². The van der Waals surface area contributed by atoms with Crippen molar-refractivity contribution in [2.24, 2.45) is 5.73 Å². The van der Waals surface area contributed by atoms with Crippen LogP contribution in [0.1, 0.15) is 25.3 Å². The maximum Gasteiger partial charge on any atom is 0.246 e. The predicted molar refractivity (Wildman–Crippen MR) is 84.2 cm³/mol. The van der Waals surface area contributed by atoms with Crippen LogP contribution in [0.5, 0.6) is 5.75 Å². The van der Waals surface area contributed by atoms with Crippen molar-refractivity contribution in [3.8, 4) is 5.75 Å². The summed E-state index contributed by atoms with van der Waals surface area (Å²) >= 11 is 0. The van der Waals surface area contributed by atoms with E-state index in [-0.39, 0.29) is 11.9 Å². The molecule has 0 radical (unpaired) electrons. The number of para-hydroxylation sites is 1. The molecule has 1 aliphatic rings. The zero-order valence-corrected chi connectivity index (χ0v) is 12.8. The van der Waals surface area contributed by atoms with Gasteiger partial charge in [0, 0.05) is 25.2 Å². The highest BCUT2D eigenvalue weighted by Crippen LogP contribution is 2.20. The van der Waals surface area contributed by atoms with Gasteiger partial charge in [-0.2, -0.15) is 0 Å². The van der Waals surface area contributed by atoms with Crippen LogP contribution in [0.3, 0.4) is 0 Å². The van der Waals surface area contributed by atoms with Crippen molar-refractivity contribution in [3.63, 3.8) is 0 Å². The molecule has 1 fully saturated rings. The summed E-state index contributed by atoms with van der Waals surface area (Å²) in [5.74, 6) is 0.955. The van der Waals surface area contributed by atoms with Crippen LogP contribution in [0.15, 0.2) is 35.9 Å². The lowest BCUT2D eigenvalue weighted by Gasteiger charge is -2.29. The molecule has 114 valence electrons. The Bertz CT molecular complexity index is 517. The third-order valence-corrected chi connectivity index (χ3v) is 3.88. The van der Waals surface area contributed by atoms with E-state index in [9.17, 15) is 4.79 Å². The first-order valence-corrected chi connectivity index (χ1v) is 7.43. The number of hydrogen-bond donors (Lipinski definition) is 1. The fourth-order valence-corrected chi connectivity index (χ4v) is 2.62. The fourth-order valence-electron chi connectivity index (χ4n) is 2.62. The van der Waals surface area contributed by atoms with Crippen LogP contribution in [0, 0.1) is 0 Å². The molecule has 4 nitrogen and oxygen atoms in total. The molecule has 0 aromatic heterocycles. The number of carbonyl (C=O) groups excluding carboxylic acids is 1. The molecule has 0 atom stereocenters. The molecule has 1 aromatic carbocycles. The summed E-state index contributed by atoms with van der Waals surface area (Å²) in [6.45, 7) is 3.51. The smallest absolute Gasteiger partial charge is 0.246 e. The summed E-state index contributed by atoms with van der Waals surface area (Å²) in [6.07, 6.45) is 4.25. The second-order valence-corrected chi connectivity index (χ2v) is 5.64. The number of amides is 1. The Morgan fingerprint density at radius 3 is 2.71 bits per heavy atom. The summed E-state index contributed by atoms with van der Waals surface area (Å²) in [6, 6.07) is 8.15. The van der Waals surface area contributed by atoms with Gasteiger partial charge in [0.05, 0.1) is 7.11 Å². The molecule has 0 aliphatic carbocycles. The molecule has 1 saturated heterocycles. The molecule has 1 aromatic rings. The summed E-state index contributed by atoms with van der Waals surface area (Å²) in [5, 5.41) is 0. The Morgan fingerprint density at radius 1 is 1.38 bits per heavy atom. The monoisotopic (exact) mass is 288 g/mol. The number of hydrogen-bond acceptors (Lipinski definition) is 3. The van der Waals surface area contributed by atoms with Crippen LogP contribution < -0.4 is 10.5 Å². The highest BCUT2D eigenvalue weighted by atomic mass is 16.5. The van der Waals surface area contributed by atoms with E-state index in [2.05, 4.69) is 0 Å². The molecule has 4 heteroatoms. The first-order valence-electron chi connectivity index (χ1n) is 7.43. The number of nitrogens with two attached hydrogens (primary N) is 1. The van der Waals surface area contributed by atoms with Gasteiger partial charge >= 0.3 is 0 Å². The normalized spacial score (nSPS) is 16.9. The lowest BCUT2D eigenvalue weighted by Crippen LogP contribution is -2.42. The molecule has 1 amide bonds. The molecule has 2 rings (SSSR count). The quantitative estimate of drug-likeness (QED) is 0.864. The van der Waals surface area contributed by atoms with Crippen LogP contribution in [0.4, 0.5) is 0 Å². The molecule has 0 bridgehead atoms. The fraction of sp³-hybridized carbons (Fsp3) is 0.471. The van der Waals surface area contributed by atoms with Crippen molar-refractivity contribution in [1.29, 1.82) is 0 Å². The molecule has 0 saturated carbocycles. The van der Waals surface area contributed by atoms with Gasteiger partial charge in [0.15, 0.2) is 0 Å². The van der Waals surface area contributed by atoms with Crippen LogP contribution in [-0.2, 0) is 11.2 Å². The van der Waals surface area contributed by atoms with Gasteiger partial charge in [0.2, 0.25) is 5.91 Å². The summed E-state index contributed by atoms with van der Waals surface area (Å²) in [7, 11) is 1.67. The summed E-state index contributed by atoms with van der Waals surface area (Å²) in [4.78, 5) is 14.1. The zero-order chi connectivity index (χ0) is 15.2. The summed E-state index contributed by atoms with van der Waals surface area (Å²) in [5.41, 5.74) is 8.01. The topological polar surface area (TPSA) is 55.6 Å². The van der Waals surface area contributed by atoms with Crippen LogP contribution in [0.2, 0.25) is 0 Å². The van der Waals surface area contributed by atoms with Gasteiger partial charge in [-0.15, -0.1) is 0 Å². The Labute approximate surface area is 126 Å². The second kappa shape index (κ2) is 7.27. The van der Waals surface area contributed by atoms with Crippen molar-refractivity contribution in [2.45, 2.75) is 32.2 Å².